The van der Waals surface area contributed by atoms with Crippen LogP contribution in [0.25, 0.3) is 0 Å². The fraction of sp³-hybridized carbons (Fsp3) is 0.929. The van der Waals surface area contributed by atoms with E-state index in [0.29, 0.717) is 12.5 Å². The molecule has 0 aliphatic heterocycles. The molecule has 0 radical (unpaired) electrons. The highest BCUT2D eigenvalue weighted by molar-refractivity contribution is 5.76. The van der Waals surface area contributed by atoms with Gasteiger partial charge >= 0.3 is 0 Å². The number of aliphatic hydroxyl groups excluding tert-OH is 1. The number of aliphatic hydroxyl groups is 1. The molecule has 3 nitrogen and oxygen atoms in total. The van der Waals surface area contributed by atoms with Gasteiger partial charge in [0.25, 0.3) is 0 Å². The zero-order chi connectivity index (χ0) is 12.5. The van der Waals surface area contributed by atoms with E-state index in [1.807, 2.05) is 0 Å². The van der Waals surface area contributed by atoms with Crippen LogP contribution < -0.4 is 5.32 Å². The Morgan fingerprint density at radius 3 is 2.53 bits per heavy atom. The van der Waals surface area contributed by atoms with Gasteiger partial charge in [-0.3, -0.25) is 4.79 Å². The minimum Gasteiger partial charge on any atom is -0.396 e. The first-order chi connectivity index (χ1) is 8.26. The van der Waals surface area contributed by atoms with Crippen molar-refractivity contribution in [1.82, 2.24) is 5.32 Å². The third kappa shape index (κ3) is 6.06. The third-order valence-electron chi connectivity index (χ3n) is 3.72. The molecule has 0 atom stereocenters. The Bertz CT molecular complexity index is 210. The molecule has 1 aliphatic carbocycles. The zero-order valence-electron chi connectivity index (χ0n) is 11.1. The van der Waals surface area contributed by atoms with Crippen LogP contribution in [0.2, 0.25) is 0 Å². The van der Waals surface area contributed by atoms with E-state index in [-0.39, 0.29) is 12.5 Å². The zero-order valence-corrected chi connectivity index (χ0v) is 11.1. The highest BCUT2D eigenvalue weighted by Gasteiger charge is 2.21. The van der Waals surface area contributed by atoms with Gasteiger partial charge in [0, 0.05) is 19.1 Å². The van der Waals surface area contributed by atoms with E-state index >= 15 is 0 Å². The van der Waals surface area contributed by atoms with Crippen molar-refractivity contribution in [3.63, 3.8) is 0 Å². The third-order valence-corrected chi connectivity index (χ3v) is 3.72. The fourth-order valence-corrected chi connectivity index (χ4v) is 2.70. The van der Waals surface area contributed by atoms with Gasteiger partial charge in [0.1, 0.15) is 0 Å². The average molecular weight is 241 g/mol. The molecule has 1 rings (SSSR count). The van der Waals surface area contributed by atoms with Crippen LogP contribution in [0.15, 0.2) is 0 Å². The molecule has 100 valence electrons. The number of nitrogens with one attached hydrogen (secondary N) is 1. The molecule has 0 aromatic carbocycles. The predicted molar refractivity (Wildman–Crippen MR) is 69.7 cm³/mol. The summed E-state index contributed by atoms with van der Waals surface area (Å²) in [5.74, 6) is 1.06. The van der Waals surface area contributed by atoms with Crippen molar-refractivity contribution in [2.45, 2.75) is 70.8 Å². The molecule has 1 aliphatic rings. The smallest absolute Gasteiger partial charge is 0.220 e. The van der Waals surface area contributed by atoms with Crippen molar-refractivity contribution in [3.05, 3.63) is 0 Å². The number of carbonyl (C=O) groups is 1. The summed E-state index contributed by atoms with van der Waals surface area (Å²) in [4.78, 5) is 11.6. The lowest BCUT2D eigenvalue weighted by Crippen LogP contribution is -2.37. The largest absolute Gasteiger partial charge is 0.396 e. The van der Waals surface area contributed by atoms with Gasteiger partial charge in [-0.25, -0.2) is 0 Å². The van der Waals surface area contributed by atoms with E-state index in [1.165, 1.54) is 25.7 Å². The van der Waals surface area contributed by atoms with Crippen LogP contribution in [0.4, 0.5) is 0 Å². The van der Waals surface area contributed by atoms with E-state index in [2.05, 4.69) is 12.2 Å². The van der Waals surface area contributed by atoms with Gasteiger partial charge < -0.3 is 10.4 Å². The number of hydrogen-bond donors (Lipinski definition) is 2. The first-order valence-electron chi connectivity index (χ1n) is 7.16. The molecule has 0 saturated heterocycles. The number of carbonyl (C=O) groups excluding carboxylic acids is 1. The number of unbranched alkanes of at least 4 members (excludes halogenated alkanes) is 1. The van der Waals surface area contributed by atoms with Crippen molar-refractivity contribution >= 4 is 5.91 Å². The first-order valence-corrected chi connectivity index (χ1v) is 7.16. The van der Waals surface area contributed by atoms with Crippen molar-refractivity contribution in [3.8, 4) is 0 Å². The highest BCUT2D eigenvalue weighted by Crippen LogP contribution is 2.27. The first kappa shape index (κ1) is 14.5. The van der Waals surface area contributed by atoms with E-state index in [0.717, 1.165) is 31.6 Å². The Morgan fingerprint density at radius 1 is 1.24 bits per heavy atom. The van der Waals surface area contributed by atoms with Gasteiger partial charge in [-0.2, -0.15) is 0 Å². The van der Waals surface area contributed by atoms with Crippen LogP contribution in [0.5, 0.6) is 0 Å². The van der Waals surface area contributed by atoms with Gasteiger partial charge in [-0.15, -0.1) is 0 Å². The quantitative estimate of drug-likeness (QED) is 0.673. The SMILES string of the molecule is CCCC1CCC(NC(=O)CCCCO)CC1. The average Bonchev–Trinajstić information content (AvgIpc) is 2.32. The number of rotatable bonds is 7. The molecular formula is C14H27NO2. The lowest BCUT2D eigenvalue weighted by molar-refractivity contribution is -0.122. The van der Waals surface area contributed by atoms with Crippen LogP contribution in [0.3, 0.4) is 0 Å². The normalized spacial score (nSPS) is 24.6. The Labute approximate surface area is 105 Å². The van der Waals surface area contributed by atoms with Crippen molar-refractivity contribution < 1.29 is 9.90 Å². The Balaban J connectivity index is 2.10. The van der Waals surface area contributed by atoms with Crippen LogP contribution >= 0.6 is 0 Å². The summed E-state index contributed by atoms with van der Waals surface area (Å²) >= 11 is 0. The second-order valence-corrected chi connectivity index (χ2v) is 5.25. The molecular weight excluding hydrogens is 214 g/mol. The Hall–Kier alpha value is -0.570. The molecule has 0 unspecified atom stereocenters. The summed E-state index contributed by atoms with van der Waals surface area (Å²) < 4.78 is 0. The van der Waals surface area contributed by atoms with Crippen molar-refractivity contribution in [2.24, 2.45) is 5.92 Å². The molecule has 1 saturated carbocycles. The summed E-state index contributed by atoms with van der Waals surface area (Å²) in [6, 6.07) is 0.407. The molecule has 0 aromatic heterocycles. The molecule has 2 N–H and O–H groups in total. The summed E-state index contributed by atoms with van der Waals surface area (Å²) in [7, 11) is 0. The number of amides is 1. The Morgan fingerprint density at radius 2 is 1.94 bits per heavy atom. The molecule has 0 aromatic rings. The predicted octanol–water partition coefficient (Wildman–Crippen LogP) is 2.62. The van der Waals surface area contributed by atoms with Gasteiger partial charge in [0.05, 0.1) is 0 Å². The molecule has 3 heteroatoms. The molecule has 17 heavy (non-hydrogen) atoms. The van der Waals surface area contributed by atoms with Crippen LogP contribution in [0.1, 0.15) is 64.7 Å². The van der Waals surface area contributed by atoms with Crippen LogP contribution in [0, 0.1) is 5.92 Å². The van der Waals surface area contributed by atoms with Gasteiger partial charge in [0.15, 0.2) is 0 Å². The lowest BCUT2D eigenvalue weighted by atomic mass is 9.83. The molecule has 0 spiro atoms. The molecule has 1 fully saturated rings. The highest BCUT2D eigenvalue weighted by atomic mass is 16.2. The fourth-order valence-electron chi connectivity index (χ4n) is 2.70. The van der Waals surface area contributed by atoms with Crippen LogP contribution in [-0.2, 0) is 4.79 Å². The number of hydrogen-bond acceptors (Lipinski definition) is 2. The standard InChI is InChI=1S/C14H27NO2/c1-2-5-12-7-9-13(10-8-12)15-14(17)6-3-4-11-16/h12-13,16H,2-11H2,1H3,(H,15,17). The second-order valence-electron chi connectivity index (χ2n) is 5.25. The topological polar surface area (TPSA) is 49.3 Å². The maximum atomic E-state index is 11.6. The minimum atomic E-state index is 0.164. The van der Waals surface area contributed by atoms with E-state index < -0.39 is 0 Å². The molecule has 0 heterocycles. The maximum Gasteiger partial charge on any atom is 0.220 e. The van der Waals surface area contributed by atoms with E-state index in [9.17, 15) is 4.79 Å². The van der Waals surface area contributed by atoms with E-state index in [4.69, 9.17) is 5.11 Å². The van der Waals surface area contributed by atoms with Gasteiger partial charge in [-0.05, 0) is 44.4 Å². The summed E-state index contributed by atoms with van der Waals surface area (Å²) in [6.07, 6.45) is 9.57. The van der Waals surface area contributed by atoms with Gasteiger partial charge in [0.2, 0.25) is 5.91 Å². The molecule has 0 bridgehead atoms. The van der Waals surface area contributed by atoms with Crippen LogP contribution in [-0.4, -0.2) is 23.7 Å². The molecule has 1 amide bonds. The van der Waals surface area contributed by atoms with Crippen molar-refractivity contribution in [2.75, 3.05) is 6.61 Å². The van der Waals surface area contributed by atoms with E-state index in [1.54, 1.807) is 0 Å². The summed E-state index contributed by atoms with van der Waals surface area (Å²) in [6.45, 7) is 2.43. The van der Waals surface area contributed by atoms with Gasteiger partial charge in [-0.1, -0.05) is 19.8 Å². The summed E-state index contributed by atoms with van der Waals surface area (Å²) in [5.41, 5.74) is 0. The summed E-state index contributed by atoms with van der Waals surface area (Å²) in [5, 5.41) is 11.8. The minimum absolute atomic E-state index is 0.164. The Kier molecular flexibility index (Phi) is 7.25. The second kappa shape index (κ2) is 8.51. The maximum absolute atomic E-state index is 11.6. The monoisotopic (exact) mass is 241 g/mol. The lowest BCUT2D eigenvalue weighted by Gasteiger charge is -2.29. The van der Waals surface area contributed by atoms with Crippen molar-refractivity contribution in [1.29, 1.82) is 0 Å².